The molecular formula is C47H51N4O8P. The van der Waals surface area contributed by atoms with Crippen LogP contribution in [-0.2, 0) is 24.1 Å². The molecule has 4 aromatic carbocycles. The first-order valence-corrected chi connectivity index (χ1v) is 21.0. The highest BCUT2D eigenvalue weighted by molar-refractivity contribution is 7.44. The Labute approximate surface area is 352 Å². The Kier molecular flexibility index (Phi) is 15.1. The Morgan fingerprint density at radius 1 is 0.833 bits per heavy atom. The van der Waals surface area contributed by atoms with Crippen LogP contribution in [-0.4, -0.2) is 65.9 Å². The fourth-order valence-electron chi connectivity index (χ4n) is 7.27. The number of nitrogens with zero attached hydrogens (tertiary/aromatic N) is 3. The maximum absolute atomic E-state index is 13.6. The average Bonchev–Trinajstić information content (AvgIpc) is 3.66. The summed E-state index contributed by atoms with van der Waals surface area (Å²) in [6.45, 7) is 8.43. The molecule has 0 saturated carbocycles. The number of aromatic nitrogens is 2. The van der Waals surface area contributed by atoms with Crippen LogP contribution in [0, 0.1) is 23.2 Å². The van der Waals surface area contributed by atoms with E-state index in [0.29, 0.717) is 11.5 Å². The molecule has 4 atom stereocenters. The summed E-state index contributed by atoms with van der Waals surface area (Å²) in [7, 11) is 1.53. The predicted octanol–water partition coefficient (Wildman–Crippen LogP) is 7.91. The topological polar surface area (TPSA) is 137 Å². The third-order valence-corrected chi connectivity index (χ3v) is 12.3. The second-order valence-corrected chi connectivity index (χ2v) is 16.1. The Morgan fingerprint density at radius 2 is 1.40 bits per heavy atom. The standard InChI is InChI=1S/C47H51N4O8P/c1-33(2)51(34(3)4)60(57-29-13-28-48)59-42-30-44(50-31-36(45(52)49-46(50)53)19-18-35-14-9-7-10-15-35)58-43(42)32-56-47(37-16-11-8-12-17-37,38-20-24-40(54-5)25-21-38)39-22-26-41(55-6)27-23-39/h7-12,14-17,20-27,31,33-34,42-44H,13,29-30,32H2,1-6H3,(H,49,52,53)/t42-,43+,44+,60?/m0/s1. The van der Waals surface area contributed by atoms with E-state index in [-0.39, 0.29) is 43.7 Å². The summed E-state index contributed by atoms with van der Waals surface area (Å²) in [5, 5.41) is 9.39. The molecule has 0 spiro atoms. The third kappa shape index (κ3) is 10.2. The summed E-state index contributed by atoms with van der Waals surface area (Å²) in [5.74, 6) is 7.32. The average molecular weight is 831 g/mol. The van der Waals surface area contributed by atoms with Crippen LogP contribution < -0.4 is 20.7 Å². The second kappa shape index (κ2) is 20.6. The molecule has 0 bridgehead atoms. The van der Waals surface area contributed by atoms with E-state index in [4.69, 9.17) is 28.0 Å². The highest BCUT2D eigenvalue weighted by Gasteiger charge is 2.45. The van der Waals surface area contributed by atoms with Crippen LogP contribution in [0.4, 0.5) is 0 Å². The van der Waals surface area contributed by atoms with E-state index >= 15 is 0 Å². The number of nitrogens with one attached hydrogen (secondary N) is 1. The lowest BCUT2D eigenvalue weighted by Gasteiger charge is -2.39. The highest BCUT2D eigenvalue weighted by atomic mass is 31.2. The summed E-state index contributed by atoms with van der Waals surface area (Å²) in [6, 6.07) is 36.9. The van der Waals surface area contributed by atoms with Crippen LogP contribution in [0.5, 0.6) is 11.5 Å². The van der Waals surface area contributed by atoms with Gasteiger partial charge in [0.15, 0.2) is 0 Å². The molecule has 0 radical (unpaired) electrons. The molecule has 1 aliphatic rings. The van der Waals surface area contributed by atoms with Crippen LogP contribution in [0.1, 0.15) is 74.6 Å². The molecular weight excluding hydrogens is 780 g/mol. The van der Waals surface area contributed by atoms with E-state index in [2.05, 4.69) is 55.3 Å². The minimum atomic E-state index is -1.72. The molecule has 6 rings (SSSR count). The second-order valence-electron chi connectivity index (χ2n) is 14.7. The van der Waals surface area contributed by atoms with Gasteiger partial charge in [-0.15, -0.1) is 0 Å². The SMILES string of the molecule is COc1ccc(C(OC[C@H]2O[C@@H](n3cc(C#Cc4ccccc4)c(=O)[nH]c3=O)C[C@@H]2OP(OCCC#N)N(C(C)C)C(C)C)(c2ccccc2)c2ccc(OC)cc2)cc1. The quantitative estimate of drug-likeness (QED) is 0.0426. The molecule has 1 aromatic heterocycles. The Hall–Kier alpha value is -5.56. The van der Waals surface area contributed by atoms with E-state index in [9.17, 15) is 14.9 Å². The van der Waals surface area contributed by atoms with Crippen molar-refractivity contribution in [1.29, 1.82) is 5.26 Å². The van der Waals surface area contributed by atoms with Gasteiger partial charge in [0.1, 0.15) is 35.0 Å². The minimum Gasteiger partial charge on any atom is -0.497 e. The van der Waals surface area contributed by atoms with Gasteiger partial charge in [-0.3, -0.25) is 14.3 Å². The van der Waals surface area contributed by atoms with Crippen molar-refractivity contribution in [3.8, 4) is 29.4 Å². The monoisotopic (exact) mass is 830 g/mol. The molecule has 1 fully saturated rings. The van der Waals surface area contributed by atoms with Crippen LogP contribution in [0.3, 0.4) is 0 Å². The third-order valence-electron chi connectivity index (χ3n) is 10.1. The molecule has 0 aliphatic carbocycles. The first-order valence-electron chi connectivity index (χ1n) is 19.9. The molecule has 1 unspecified atom stereocenters. The van der Waals surface area contributed by atoms with Crippen LogP contribution >= 0.6 is 8.53 Å². The summed E-state index contributed by atoms with van der Waals surface area (Å²) < 4.78 is 41.9. The van der Waals surface area contributed by atoms with Crippen molar-refractivity contribution in [2.75, 3.05) is 27.4 Å². The lowest BCUT2D eigenvalue weighted by molar-refractivity contribution is -0.0925. The van der Waals surface area contributed by atoms with Gasteiger partial charge in [0.25, 0.3) is 14.1 Å². The first kappa shape index (κ1) is 44.0. The zero-order chi connectivity index (χ0) is 42.6. The minimum absolute atomic E-state index is 0.00236. The number of ether oxygens (including phenoxy) is 4. The molecule has 0 amide bonds. The number of benzene rings is 4. The lowest BCUT2D eigenvalue weighted by Crippen LogP contribution is -2.39. The molecule has 312 valence electrons. The first-order chi connectivity index (χ1) is 29.1. The lowest BCUT2D eigenvalue weighted by atomic mass is 9.80. The van der Waals surface area contributed by atoms with E-state index in [1.165, 1.54) is 10.8 Å². The number of hydrogen-bond donors (Lipinski definition) is 1. The Bertz CT molecular complexity index is 2310. The van der Waals surface area contributed by atoms with E-state index in [1.807, 2.05) is 109 Å². The Morgan fingerprint density at radius 3 is 1.95 bits per heavy atom. The number of methoxy groups -OCH3 is 2. The molecule has 5 aromatic rings. The van der Waals surface area contributed by atoms with Crippen molar-refractivity contribution < 1.29 is 28.0 Å². The largest absolute Gasteiger partial charge is 0.497 e. The van der Waals surface area contributed by atoms with Gasteiger partial charge in [-0.1, -0.05) is 84.6 Å². The highest BCUT2D eigenvalue weighted by Crippen LogP contribution is 2.50. The molecule has 1 aliphatic heterocycles. The normalized spacial score (nSPS) is 17.0. The van der Waals surface area contributed by atoms with Gasteiger partial charge in [-0.25, -0.2) is 9.46 Å². The van der Waals surface area contributed by atoms with E-state index in [0.717, 1.165) is 22.3 Å². The summed E-state index contributed by atoms with van der Waals surface area (Å²) in [6.07, 6.45) is -0.462. The fraction of sp³-hybridized carbons (Fsp3) is 0.340. The Balaban J connectivity index is 1.44. The van der Waals surface area contributed by atoms with E-state index in [1.54, 1.807) is 14.2 Å². The maximum Gasteiger partial charge on any atom is 0.330 e. The zero-order valence-corrected chi connectivity index (χ0v) is 35.6. The summed E-state index contributed by atoms with van der Waals surface area (Å²) in [4.78, 5) is 29.0. The van der Waals surface area contributed by atoms with Crippen LogP contribution in [0.25, 0.3) is 0 Å². The predicted molar refractivity (Wildman–Crippen MR) is 231 cm³/mol. The van der Waals surface area contributed by atoms with Crippen molar-refractivity contribution >= 4 is 8.53 Å². The van der Waals surface area contributed by atoms with Gasteiger partial charge in [0.05, 0.1) is 46.0 Å². The van der Waals surface area contributed by atoms with Crippen molar-refractivity contribution in [2.24, 2.45) is 0 Å². The molecule has 1 N–H and O–H groups in total. The number of nitriles is 1. The molecule has 1 saturated heterocycles. The number of hydrogen-bond acceptors (Lipinski definition) is 10. The smallest absolute Gasteiger partial charge is 0.330 e. The van der Waals surface area contributed by atoms with Crippen LogP contribution in [0.15, 0.2) is 125 Å². The zero-order valence-electron chi connectivity index (χ0n) is 34.7. The number of H-pyrrole nitrogens is 1. The van der Waals surface area contributed by atoms with Crippen LogP contribution in [0.2, 0.25) is 0 Å². The van der Waals surface area contributed by atoms with Crippen molar-refractivity contribution in [2.45, 2.75) is 76.7 Å². The molecule has 13 heteroatoms. The molecule has 2 heterocycles. The molecule has 12 nitrogen and oxygen atoms in total. The van der Waals surface area contributed by atoms with Gasteiger partial charge in [-0.05, 0) is 80.8 Å². The number of aromatic amines is 1. The number of rotatable bonds is 17. The summed E-state index contributed by atoms with van der Waals surface area (Å²) >= 11 is 0. The maximum atomic E-state index is 13.6. The van der Waals surface area contributed by atoms with Gasteiger partial charge >= 0.3 is 5.69 Å². The van der Waals surface area contributed by atoms with Crippen molar-refractivity contribution in [3.05, 3.63) is 164 Å². The van der Waals surface area contributed by atoms with Crippen molar-refractivity contribution in [3.63, 3.8) is 0 Å². The van der Waals surface area contributed by atoms with Gasteiger partial charge in [0.2, 0.25) is 0 Å². The fourth-order valence-corrected chi connectivity index (χ4v) is 9.03. The van der Waals surface area contributed by atoms with Gasteiger partial charge in [-0.2, -0.15) is 5.26 Å². The molecule has 60 heavy (non-hydrogen) atoms. The van der Waals surface area contributed by atoms with Gasteiger partial charge in [0, 0.05) is 30.3 Å². The van der Waals surface area contributed by atoms with Crippen molar-refractivity contribution in [1.82, 2.24) is 14.2 Å². The van der Waals surface area contributed by atoms with Gasteiger partial charge < -0.3 is 28.0 Å². The van der Waals surface area contributed by atoms with E-state index < -0.39 is 43.8 Å². The summed E-state index contributed by atoms with van der Waals surface area (Å²) in [5.41, 5.74) is 0.929.